The van der Waals surface area contributed by atoms with E-state index in [0.717, 1.165) is 0 Å². The number of imidazole rings is 1. The molecular weight excluding hydrogens is 218 g/mol. The van der Waals surface area contributed by atoms with Gasteiger partial charge >= 0.3 is 5.97 Å². The fourth-order valence-electron chi connectivity index (χ4n) is 1.15. The number of carboxylic acids is 1. The Morgan fingerprint density at radius 1 is 1.40 bits per heavy atom. The molecule has 1 N–H and O–H groups in total. The van der Waals surface area contributed by atoms with Gasteiger partial charge in [-0.1, -0.05) is 0 Å². The van der Waals surface area contributed by atoms with Gasteiger partial charge in [0.15, 0.2) is 5.82 Å². The van der Waals surface area contributed by atoms with Crippen molar-refractivity contribution < 1.29 is 9.90 Å². The molecular formula is C9H8ClN3O2. The molecule has 0 aliphatic rings. The number of nitrogens with zero attached hydrogens (tertiary/aromatic N) is 3. The normalized spacial score (nSPS) is 9.33. The Bertz CT molecular complexity index is 456. The molecule has 0 amide bonds. The van der Waals surface area contributed by atoms with Crippen molar-refractivity contribution in [1.82, 2.24) is 14.5 Å². The average molecular weight is 226 g/mol. The number of rotatable bonds is 2. The van der Waals surface area contributed by atoms with Gasteiger partial charge in [0.05, 0.1) is 0 Å². The van der Waals surface area contributed by atoms with Crippen LogP contribution in [0.4, 0.5) is 0 Å². The highest BCUT2D eigenvalue weighted by molar-refractivity contribution is 5.90. The Morgan fingerprint density at radius 2 is 2.20 bits per heavy atom. The summed E-state index contributed by atoms with van der Waals surface area (Å²) in [5.74, 6) is -0.626. The molecule has 0 saturated heterocycles. The number of carbonyl (C=O) groups is 1. The Hall–Kier alpha value is -1.88. The fourth-order valence-corrected chi connectivity index (χ4v) is 1.15. The van der Waals surface area contributed by atoms with Crippen LogP contribution in [-0.2, 0) is 0 Å². The van der Waals surface area contributed by atoms with E-state index in [1.165, 1.54) is 12.4 Å². The minimum absolute atomic E-state index is 0. The summed E-state index contributed by atoms with van der Waals surface area (Å²) < 4.78 is 1.56. The van der Waals surface area contributed by atoms with E-state index < -0.39 is 5.97 Å². The molecule has 2 aromatic rings. The molecule has 6 heteroatoms. The minimum atomic E-state index is -0.998. The summed E-state index contributed by atoms with van der Waals surface area (Å²) in [5.41, 5.74) is 0.158. The number of pyridine rings is 1. The summed E-state index contributed by atoms with van der Waals surface area (Å²) in [6.45, 7) is 0. The van der Waals surface area contributed by atoms with E-state index in [4.69, 9.17) is 5.11 Å². The summed E-state index contributed by atoms with van der Waals surface area (Å²) in [6, 6.07) is 3.09. The molecule has 2 aromatic heterocycles. The van der Waals surface area contributed by atoms with Gasteiger partial charge in [0.2, 0.25) is 0 Å². The number of halogens is 1. The molecule has 0 spiro atoms. The maximum absolute atomic E-state index is 10.8. The monoisotopic (exact) mass is 225 g/mol. The Balaban J connectivity index is 0.00000112. The lowest BCUT2D eigenvalue weighted by atomic mass is 10.2. The van der Waals surface area contributed by atoms with Crippen LogP contribution in [-0.4, -0.2) is 25.6 Å². The van der Waals surface area contributed by atoms with Crippen LogP contribution in [0.2, 0.25) is 0 Å². The van der Waals surface area contributed by atoms with E-state index >= 15 is 0 Å². The first kappa shape index (κ1) is 11.2. The van der Waals surface area contributed by atoms with Crippen LogP contribution in [0.25, 0.3) is 5.82 Å². The second-order valence-electron chi connectivity index (χ2n) is 2.65. The van der Waals surface area contributed by atoms with E-state index in [0.29, 0.717) is 5.82 Å². The second-order valence-corrected chi connectivity index (χ2v) is 2.65. The minimum Gasteiger partial charge on any atom is -0.478 e. The van der Waals surface area contributed by atoms with Gasteiger partial charge in [-0.2, -0.15) is 0 Å². The molecule has 0 aliphatic heterocycles. The van der Waals surface area contributed by atoms with Crippen molar-refractivity contribution in [2.45, 2.75) is 0 Å². The van der Waals surface area contributed by atoms with Gasteiger partial charge in [-0.15, -0.1) is 12.4 Å². The highest BCUT2D eigenvalue weighted by Gasteiger charge is 2.10. The molecule has 0 fully saturated rings. The SMILES string of the molecule is Cl.O=C(O)c1cccnc1-n1ccnc1. The first-order chi connectivity index (χ1) is 6.79. The Kier molecular flexibility index (Phi) is 3.41. The molecule has 2 heterocycles. The van der Waals surface area contributed by atoms with Gasteiger partial charge in [0.25, 0.3) is 0 Å². The standard InChI is InChI=1S/C9H7N3O2.ClH/c13-9(14)7-2-1-3-11-8(7)12-5-4-10-6-12;/h1-6H,(H,13,14);1H. The Morgan fingerprint density at radius 3 is 2.80 bits per heavy atom. The third kappa shape index (κ3) is 2.13. The molecule has 5 nitrogen and oxygen atoms in total. The maximum atomic E-state index is 10.8. The molecule has 0 saturated carbocycles. The summed E-state index contributed by atoms with van der Waals surface area (Å²) in [7, 11) is 0. The zero-order valence-corrected chi connectivity index (χ0v) is 8.39. The van der Waals surface area contributed by atoms with Crippen molar-refractivity contribution in [3.63, 3.8) is 0 Å². The third-order valence-electron chi connectivity index (χ3n) is 1.77. The van der Waals surface area contributed by atoms with E-state index in [1.807, 2.05) is 0 Å². The van der Waals surface area contributed by atoms with Crippen LogP contribution in [0.5, 0.6) is 0 Å². The molecule has 0 unspecified atom stereocenters. The lowest BCUT2D eigenvalue weighted by Crippen LogP contribution is -2.05. The lowest BCUT2D eigenvalue weighted by Gasteiger charge is -2.03. The van der Waals surface area contributed by atoms with Gasteiger partial charge in [-0.05, 0) is 12.1 Å². The number of hydrogen-bond donors (Lipinski definition) is 1. The summed E-state index contributed by atoms with van der Waals surface area (Å²) in [4.78, 5) is 18.7. The maximum Gasteiger partial charge on any atom is 0.339 e. The molecule has 0 bridgehead atoms. The summed E-state index contributed by atoms with van der Waals surface area (Å²) >= 11 is 0. The van der Waals surface area contributed by atoms with E-state index in [1.54, 1.807) is 29.2 Å². The fraction of sp³-hybridized carbons (Fsp3) is 0. The Labute approximate surface area is 91.8 Å². The predicted octanol–water partition coefficient (Wildman–Crippen LogP) is 1.39. The highest BCUT2D eigenvalue weighted by Crippen LogP contribution is 2.10. The van der Waals surface area contributed by atoms with Crippen LogP contribution in [0.3, 0.4) is 0 Å². The molecule has 78 valence electrons. The van der Waals surface area contributed by atoms with Gasteiger partial charge in [-0.3, -0.25) is 4.57 Å². The summed E-state index contributed by atoms with van der Waals surface area (Å²) in [6.07, 6.45) is 6.27. The van der Waals surface area contributed by atoms with Gasteiger partial charge < -0.3 is 5.11 Å². The second kappa shape index (κ2) is 4.56. The molecule has 0 aromatic carbocycles. The number of hydrogen-bond acceptors (Lipinski definition) is 3. The van der Waals surface area contributed by atoms with Crippen LogP contribution in [0.1, 0.15) is 10.4 Å². The molecule has 15 heavy (non-hydrogen) atoms. The number of aromatic nitrogens is 3. The number of carboxylic acid groups (broad SMARTS) is 1. The van der Waals surface area contributed by atoms with Gasteiger partial charge in [0.1, 0.15) is 11.9 Å². The topological polar surface area (TPSA) is 68.0 Å². The van der Waals surface area contributed by atoms with Crippen LogP contribution in [0, 0.1) is 0 Å². The first-order valence-corrected chi connectivity index (χ1v) is 3.95. The zero-order valence-electron chi connectivity index (χ0n) is 7.57. The summed E-state index contributed by atoms with van der Waals surface area (Å²) in [5, 5.41) is 8.89. The van der Waals surface area contributed by atoms with Gasteiger partial charge in [-0.25, -0.2) is 14.8 Å². The van der Waals surface area contributed by atoms with Crippen molar-refractivity contribution in [1.29, 1.82) is 0 Å². The largest absolute Gasteiger partial charge is 0.478 e. The third-order valence-corrected chi connectivity index (χ3v) is 1.77. The van der Waals surface area contributed by atoms with Gasteiger partial charge in [0, 0.05) is 18.6 Å². The van der Waals surface area contributed by atoms with E-state index in [9.17, 15) is 4.79 Å². The van der Waals surface area contributed by atoms with Crippen molar-refractivity contribution in [2.75, 3.05) is 0 Å². The van der Waals surface area contributed by atoms with Crippen molar-refractivity contribution in [2.24, 2.45) is 0 Å². The smallest absolute Gasteiger partial charge is 0.339 e. The van der Waals surface area contributed by atoms with Crippen molar-refractivity contribution >= 4 is 18.4 Å². The van der Waals surface area contributed by atoms with Crippen molar-refractivity contribution in [3.8, 4) is 5.82 Å². The predicted molar refractivity (Wildman–Crippen MR) is 55.6 cm³/mol. The lowest BCUT2D eigenvalue weighted by molar-refractivity contribution is 0.0696. The molecule has 0 aliphatic carbocycles. The first-order valence-electron chi connectivity index (χ1n) is 3.95. The highest BCUT2D eigenvalue weighted by atomic mass is 35.5. The molecule has 2 rings (SSSR count). The van der Waals surface area contributed by atoms with E-state index in [2.05, 4.69) is 9.97 Å². The van der Waals surface area contributed by atoms with Crippen molar-refractivity contribution in [3.05, 3.63) is 42.6 Å². The average Bonchev–Trinajstić information content (AvgIpc) is 2.70. The van der Waals surface area contributed by atoms with Crippen LogP contribution < -0.4 is 0 Å². The molecule has 0 atom stereocenters. The zero-order chi connectivity index (χ0) is 9.97. The molecule has 0 radical (unpaired) electrons. The van der Waals surface area contributed by atoms with Crippen LogP contribution in [0.15, 0.2) is 37.1 Å². The quantitative estimate of drug-likeness (QED) is 0.839. The van der Waals surface area contributed by atoms with Crippen LogP contribution >= 0.6 is 12.4 Å². The van der Waals surface area contributed by atoms with E-state index in [-0.39, 0.29) is 18.0 Å². The number of aromatic carboxylic acids is 1.